The molecule has 3 nitrogen and oxygen atoms in total. The minimum atomic E-state index is -0.908. The van der Waals surface area contributed by atoms with Gasteiger partial charge in [0, 0.05) is 11.1 Å². The third-order valence-electron chi connectivity index (χ3n) is 6.49. The van der Waals surface area contributed by atoms with E-state index in [0.717, 1.165) is 46.4 Å². The molecule has 29 heavy (non-hydrogen) atoms. The molecule has 1 N–H and O–H groups in total. The van der Waals surface area contributed by atoms with Gasteiger partial charge in [-0.3, -0.25) is 0 Å². The van der Waals surface area contributed by atoms with E-state index in [0.29, 0.717) is 5.56 Å². The van der Waals surface area contributed by atoms with Crippen molar-refractivity contribution in [2.24, 2.45) is 0 Å². The van der Waals surface area contributed by atoms with Gasteiger partial charge in [0.15, 0.2) is 0 Å². The molecule has 0 spiro atoms. The summed E-state index contributed by atoms with van der Waals surface area (Å²) in [4.78, 5) is 12.1. The van der Waals surface area contributed by atoms with Crippen molar-refractivity contribution in [3.05, 3.63) is 58.7 Å². The van der Waals surface area contributed by atoms with Gasteiger partial charge in [-0.25, -0.2) is 4.79 Å². The lowest BCUT2D eigenvalue weighted by molar-refractivity contribution is 0.0697. The molecule has 0 bridgehead atoms. The average Bonchev–Trinajstić information content (AvgIpc) is 2.64. The van der Waals surface area contributed by atoms with Crippen LogP contribution in [0.1, 0.15) is 80.1 Å². The number of methoxy groups -OCH3 is 1. The number of aromatic carboxylic acids is 1. The van der Waals surface area contributed by atoms with Crippen LogP contribution in [0.3, 0.4) is 0 Å². The lowest BCUT2D eigenvalue weighted by Gasteiger charge is -2.45. The summed E-state index contributed by atoms with van der Waals surface area (Å²) >= 11 is 0. The summed E-state index contributed by atoms with van der Waals surface area (Å²) in [5.41, 5.74) is 7.29. The summed E-state index contributed by atoms with van der Waals surface area (Å²) in [5, 5.41) is 9.89. The predicted octanol–water partition coefficient (Wildman–Crippen LogP) is 6.75. The fourth-order valence-electron chi connectivity index (χ4n) is 4.99. The number of hydrogen-bond acceptors (Lipinski definition) is 2. The molecule has 2 aromatic rings. The van der Waals surface area contributed by atoms with E-state index < -0.39 is 5.97 Å². The first-order valence-corrected chi connectivity index (χ1v) is 10.2. The molecule has 0 radical (unpaired) electrons. The standard InChI is InChI=1S/C26H32O3/c1-15(2)19-16(3)20(17-11-9-10-12-18(17)24(27)28)21-22(23(19)29-8)26(6,7)14-13-25(21,4)5/h9-12H,1,13-14H2,2-8H3,(H,27,28). The van der Waals surface area contributed by atoms with Crippen molar-refractivity contribution in [1.82, 2.24) is 0 Å². The molecule has 0 saturated carbocycles. The van der Waals surface area contributed by atoms with Crippen LogP contribution in [0.2, 0.25) is 0 Å². The van der Waals surface area contributed by atoms with Gasteiger partial charge in [0.2, 0.25) is 0 Å². The Balaban J connectivity index is 2.63. The van der Waals surface area contributed by atoms with E-state index in [1.165, 1.54) is 11.1 Å². The van der Waals surface area contributed by atoms with E-state index in [1.54, 1.807) is 19.2 Å². The molecule has 0 unspecified atom stereocenters. The monoisotopic (exact) mass is 392 g/mol. The normalized spacial score (nSPS) is 16.8. The van der Waals surface area contributed by atoms with Crippen LogP contribution in [0.15, 0.2) is 30.8 Å². The van der Waals surface area contributed by atoms with E-state index >= 15 is 0 Å². The van der Waals surface area contributed by atoms with Crippen LogP contribution in [0, 0.1) is 6.92 Å². The van der Waals surface area contributed by atoms with Crippen LogP contribution in [0.5, 0.6) is 5.75 Å². The number of ether oxygens (including phenoxy) is 1. The Bertz CT molecular complexity index is 1010. The third kappa shape index (κ3) is 3.27. The molecule has 0 fully saturated rings. The second-order valence-corrected chi connectivity index (χ2v) is 9.56. The SMILES string of the molecule is C=C(C)c1c(C)c(-c2ccccc2C(=O)O)c2c(c1OC)C(C)(C)CCC2(C)C. The van der Waals surface area contributed by atoms with Gasteiger partial charge < -0.3 is 9.84 Å². The van der Waals surface area contributed by atoms with Gasteiger partial charge in [0.25, 0.3) is 0 Å². The van der Waals surface area contributed by atoms with E-state index in [9.17, 15) is 9.90 Å². The molecule has 3 rings (SSSR count). The van der Waals surface area contributed by atoms with E-state index in [1.807, 2.05) is 19.1 Å². The van der Waals surface area contributed by atoms with Crippen molar-refractivity contribution >= 4 is 11.5 Å². The Morgan fingerprint density at radius 1 is 1.07 bits per heavy atom. The molecule has 0 amide bonds. The molecule has 0 saturated heterocycles. The quantitative estimate of drug-likeness (QED) is 0.626. The van der Waals surface area contributed by atoms with Crippen LogP contribution < -0.4 is 4.74 Å². The smallest absolute Gasteiger partial charge is 0.336 e. The van der Waals surface area contributed by atoms with Crippen molar-refractivity contribution in [3.8, 4) is 16.9 Å². The lowest BCUT2D eigenvalue weighted by atomic mass is 9.59. The summed E-state index contributed by atoms with van der Waals surface area (Å²) in [5.74, 6) is -0.0198. The molecule has 0 aliphatic heterocycles. The van der Waals surface area contributed by atoms with Crippen LogP contribution in [0.25, 0.3) is 16.7 Å². The van der Waals surface area contributed by atoms with Crippen molar-refractivity contribution in [2.75, 3.05) is 7.11 Å². The molecular weight excluding hydrogens is 360 g/mol. The number of benzene rings is 2. The highest BCUT2D eigenvalue weighted by Gasteiger charge is 2.43. The number of rotatable bonds is 4. The summed E-state index contributed by atoms with van der Waals surface area (Å²) < 4.78 is 6.01. The van der Waals surface area contributed by atoms with Crippen molar-refractivity contribution in [1.29, 1.82) is 0 Å². The molecule has 154 valence electrons. The Labute approximate surface area is 174 Å². The van der Waals surface area contributed by atoms with E-state index in [2.05, 4.69) is 41.2 Å². The average molecular weight is 393 g/mol. The zero-order valence-electron chi connectivity index (χ0n) is 18.7. The molecule has 3 heteroatoms. The number of fused-ring (bicyclic) bond motifs is 1. The Hall–Kier alpha value is -2.55. The summed E-state index contributed by atoms with van der Waals surface area (Å²) in [6, 6.07) is 7.32. The van der Waals surface area contributed by atoms with Crippen molar-refractivity contribution in [2.45, 2.75) is 65.2 Å². The van der Waals surface area contributed by atoms with Gasteiger partial charge in [0.1, 0.15) is 5.75 Å². The van der Waals surface area contributed by atoms with E-state index in [4.69, 9.17) is 4.74 Å². The summed E-state index contributed by atoms with van der Waals surface area (Å²) in [7, 11) is 1.73. The number of hydrogen-bond donors (Lipinski definition) is 1. The van der Waals surface area contributed by atoms with Gasteiger partial charge in [-0.1, -0.05) is 52.5 Å². The van der Waals surface area contributed by atoms with Gasteiger partial charge >= 0.3 is 5.97 Å². The maximum atomic E-state index is 12.1. The van der Waals surface area contributed by atoms with Crippen LogP contribution in [-0.2, 0) is 10.8 Å². The zero-order chi connectivity index (χ0) is 21.7. The maximum Gasteiger partial charge on any atom is 0.336 e. The second-order valence-electron chi connectivity index (χ2n) is 9.56. The number of carboxylic acids is 1. The number of carbonyl (C=O) groups is 1. The molecule has 1 aliphatic carbocycles. The molecule has 2 aromatic carbocycles. The second kappa shape index (κ2) is 7.05. The highest BCUT2D eigenvalue weighted by atomic mass is 16.5. The Morgan fingerprint density at radius 3 is 2.14 bits per heavy atom. The molecule has 0 aromatic heterocycles. The highest BCUT2D eigenvalue weighted by molar-refractivity contribution is 5.98. The largest absolute Gasteiger partial charge is 0.496 e. The first-order valence-electron chi connectivity index (χ1n) is 10.2. The Kier molecular flexibility index (Phi) is 5.15. The van der Waals surface area contributed by atoms with Crippen molar-refractivity contribution < 1.29 is 14.6 Å². The van der Waals surface area contributed by atoms with Crippen LogP contribution in [-0.4, -0.2) is 18.2 Å². The topological polar surface area (TPSA) is 46.5 Å². The predicted molar refractivity (Wildman–Crippen MR) is 120 cm³/mol. The maximum absolute atomic E-state index is 12.1. The van der Waals surface area contributed by atoms with E-state index in [-0.39, 0.29) is 10.8 Å². The molecule has 0 heterocycles. The fourth-order valence-corrected chi connectivity index (χ4v) is 4.99. The van der Waals surface area contributed by atoms with Crippen LogP contribution >= 0.6 is 0 Å². The lowest BCUT2D eigenvalue weighted by Crippen LogP contribution is -2.35. The van der Waals surface area contributed by atoms with Gasteiger partial charge in [-0.2, -0.15) is 0 Å². The van der Waals surface area contributed by atoms with Crippen molar-refractivity contribution in [3.63, 3.8) is 0 Å². The van der Waals surface area contributed by atoms with Gasteiger partial charge in [-0.15, -0.1) is 0 Å². The third-order valence-corrected chi connectivity index (χ3v) is 6.49. The van der Waals surface area contributed by atoms with Gasteiger partial charge in [0.05, 0.1) is 12.7 Å². The minimum absolute atomic E-state index is 0.0823. The summed E-state index contributed by atoms with van der Waals surface area (Å²) in [6.07, 6.45) is 2.08. The fraction of sp³-hybridized carbons (Fsp3) is 0.423. The number of allylic oxidation sites excluding steroid dienone is 1. The molecule has 1 aliphatic rings. The molecule has 0 atom stereocenters. The summed E-state index contributed by atoms with van der Waals surface area (Å²) in [6.45, 7) is 17.3. The molecular formula is C26H32O3. The van der Waals surface area contributed by atoms with Gasteiger partial charge in [-0.05, 0) is 71.4 Å². The first kappa shape index (κ1) is 21.2. The number of carboxylic acid groups (broad SMARTS) is 1. The first-order chi connectivity index (χ1) is 13.4. The Morgan fingerprint density at radius 2 is 1.62 bits per heavy atom. The minimum Gasteiger partial charge on any atom is -0.496 e. The van der Waals surface area contributed by atoms with Crippen LogP contribution in [0.4, 0.5) is 0 Å². The zero-order valence-corrected chi connectivity index (χ0v) is 18.7. The highest BCUT2D eigenvalue weighted by Crippen LogP contribution is 2.56.